The zero-order valence-corrected chi connectivity index (χ0v) is 9.25. The molecule has 0 aromatic rings. The molecule has 1 atom stereocenters. The third-order valence-electron chi connectivity index (χ3n) is 4.16. The molecule has 84 valence electrons. The minimum Gasteiger partial charge on any atom is -0.469 e. The number of ketones is 1. The Bertz CT molecular complexity index is 277. The molecule has 2 rings (SSSR count). The second-order valence-corrected chi connectivity index (χ2v) is 4.89. The van der Waals surface area contributed by atoms with Crippen molar-refractivity contribution < 1.29 is 14.3 Å². The Balaban J connectivity index is 2.20. The molecular formula is C12H18O3. The maximum atomic E-state index is 11.7. The lowest BCUT2D eigenvalue weighted by Crippen LogP contribution is -2.40. The van der Waals surface area contributed by atoms with E-state index < -0.39 is 0 Å². The largest absolute Gasteiger partial charge is 0.469 e. The molecule has 2 fully saturated rings. The fourth-order valence-corrected chi connectivity index (χ4v) is 3.26. The molecule has 0 radical (unpaired) electrons. The standard InChI is InChI=1S/C12H18O3/c1-15-11(14)10-8-9(13)4-7-12(10)5-2-3-6-12/h10H,2-8H2,1H3. The van der Waals surface area contributed by atoms with Gasteiger partial charge in [0.05, 0.1) is 13.0 Å². The van der Waals surface area contributed by atoms with Crippen molar-refractivity contribution >= 4 is 11.8 Å². The van der Waals surface area contributed by atoms with Gasteiger partial charge in [-0.3, -0.25) is 9.59 Å². The summed E-state index contributed by atoms with van der Waals surface area (Å²) in [6.45, 7) is 0. The van der Waals surface area contributed by atoms with Gasteiger partial charge >= 0.3 is 5.97 Å². The van der Waals surface area contributed by atoms with E-state index in [1.54, 1.807) is 0 Å². The average molecular weight is 210 g/mol. The van der Waals surface area contributed by atoms with Crippen LogP contribution in [-0.4, -0.2) is 18.9 Å². The number of hydrogen-bond acceptors (Lipinski definition) is 3. The van der Waals surface area contributed by atoms with Gasteiger partial charge in [0.1, 0.15) is 5.78 Å². The van der Waals surface area contributed by atoms with Gasteiger partial charge in [-0.1, -0.05) is 12.8 Å². The van der Waals surface area contributed by atoms with Crippen molar-refractivity contribution in [1.29, 1.82) is 0 Å². The summed E-state index contributed by atoms with van der Waals surface area (Å²) in [6, 6.07) is 0. The Hall–Kier alpha value is -0.860. The number of Topliss-reactive ketones (excluding diaryl/α,β-unsaturated/α-hetero) is 1. The first kappa shape index (κ1) is 10.7. The van der Waals surface area contributed by atoms with E-state index in [0.29, 0.717) is 12.8 Å². The lowest BCUT2D eigenvalue weighted by Gasteiger charge is -2.39. The molecule has 0 aliphatic heterocycles. The SMILES string of the molecule is COC(=O)C1CC(=O)CCC12CCCC2. The topological polar surface area (TPSA) is 43.4 Å². The van der Waals surface area contributed by atoms with Crippen molar-refractivity contribution in [1.82, 2.24) is 0 Å². The highest BCUT2D eigenvalue weighted by Gasteiger charge is 2.48. The normalized spacial score (nSPS) is 29.4. The quantitative estimate of drug-likeness (QED) is 0.622. The zero-order valence-electron chi connectivity index (χ0n) is 9.25. The van der Waals surface area contributed by atoms with Gasteiger partial charge in [0, 0.05) is 12.8 Å². The van der Waals surface area contributed by atoms with Crippen molar-refractivity contribution in [3.05, 3.63) is 0 Å². The van der Waals surface area contributed by atoms with E-state index in [4.69, 9.17) is 4.74 Å². The van der Waals surface area contributed by atoms with Gasteiger partial charge < -0.3 is 4.74 Å². The minimum absolute atomic E-state index is 0.0982. The van der Waals surface area contributed by atoms with Crippen LogP contribution in [0, 0.1) is 11.3 Å². The van der Waals surface area contributed by atoms with E-state index in [0.717, 1.165) is 19.3 Å². The number of carbonyl (C=O) groups is 2. The van der Waals surface area contributed by atoms with Gasteiger partial charge in [-0.15, -0.1) is 0 Å². The third-order valence-corrected chi connectivity index (χ3v) is 4.16. The lowest BCUT2D eigenvalue weighted by molar-refractivity contribution is -0.155. The molecule has 0 saturated heterocycles. The zero-order chi connectivity index (χ0) is 10.9. The van der Waals surface area contributed by atoms with E-state index in [-0.39, 0.29) is 23.1 Å². The molecule has 0 amide bonds. The first-order valence-corrected chi connectivity index (χ1v) is 5.77. The van der Waals surface area contributed by atoms with E-state index in [9.17, 15) is 9.59 Å². The van der Waals surface area contributed by atoms with Crippen LogP contribution in [0.5, 0.6) is 0 Å². The number of rotatable bonds is 1. The number of esters is 1. The first-order valence-electron chi connectivity index (χ1n) is 5.77. The molecule has 1 unspecified atom stereocenters. The summed E-state index contributed by atoms with van der Waals surface area (Å²) in [5, 5.41) is 0. The van der Waals surface area contributed by atoms with Crippen LogP contribution in [0.4, 0.5) is 0 Å². The highest BCUT2D eigenvalue weighted by molar-refractivity contribution is 5.86. The predicted octanol–water partition coefficient (Wildman–Crippen LogP) is 2.09. The summed E-state index contributed by atoms with van der Waals surface area (Å²) >= 11 is 0. The van der Waals surface area contributed by atoms with Gasteiger partial charge in [0.25, 0.3) is 0 Å². The Morgan fingerprint density at radius 2 is 2.00 bits per heavy atom. The maximum absolute atomic E-state index is 11.7. The second kappa shape index (κ2) is 3.95. The fraction of sp³-hybridized carbons (Fsp3) is 0.833. The first-order chi connectivity index (χ1) is 7.18. The van der Waals surface area contributed by atoms with Gasteiger partial charge in [0.15, 0.2) is 0 Å². The van der Waals surface area contributed by atoms with Crippen LogP contribution < -0.4 is 0 Å². The van der Waals surface area contributed by atoms with E-state index in [1.807, 2.05) is 0 Å². The monoisotopic (exact) mass is 210 g/mol. The molecule has 15 heavy (non-hydrogen) atoms. The van der Waals surface area contributed by atoms with E-state index in [1.165, 1.54) is 20.0 Å². The Labute approximate surface area is 90.2 Å². The second-order valence-electron chi connectivity index (χ2n) is 4.89. The van der Waals surface area contributed by atoms with E-state index in [2.05, 4.69) is 0 Å². The molecule has 0 aromatic heterocycles. The molecule has 0 N–H and O–H groups in total. The summed E-state index contributed by atoms with van der Waals surface area (Å²) in [7, 11) is 1.42. The van der Waals surface area contributed by atoms with Crippen LogP contribution in [0.25, 0.3) is 0 Å². The minimum atomic E-state index is -0.176. The van der Waals surface area contributed by atoms with Crippen LogP contribution in [0.1, 0.15) is 44.9 Å². The van der Waals surface area contributed by atoms with Crippen LogP contribution in [0.15, 0.2) is 0 Å². The van der Waals surface area contributed by atoms with Crippen molar-refractivity contribution in [3.63, 3.8) is 0 Å². The Morgan fingerprint density at radius 3 is 2.60 bits per heavy atom. The molecule has 1 spiro atoms. The highest BCUT2D eigenvalue weighted by atomic mass is 16.5. The summed E-state index contributed by atoms with van der Waals surface area (Å²) in [6.07, 6.45) is 6.55. The molecule has 0 bridgehead atoms. The molecule has 0 heterocycles. The summed E-state index contributed by atoms with van der Waals surface area (Å²) in [4.78, 5) is 23.1. The maximum Gasteiger partial charge on any atom is 0.309 e. The molecule has 2 aliphatic rings. The molecule has 0 aromatic carbocycles. The molecule has 3 nitrogen and oxygen atoms in total. The smallest absolute Gasteiger partial charge is 0.309 e. The molecule has 2 saturated carbocycles. The van der Waals surface area contributed by atoms with Gasteiger partial charge in [-0.25, -0.2) is 0 Å². The molecular weight excluding hydrogens is 192 g/mol. The summed E-state index contributed by atoms with van der Waals surface area (Å²) < 4.78 is 4.83. The van der Waals surface area contributed by atoms with Gasteiger partial charge in [-0.2, -0.15) is 0 Å². The summed E-state index contributed by atoms with van der Waals surface area (Å²) in [5.74, 6) is -0.112. The van der Waals surface area contributed by atoms with Gasteiger partial charge in [0.2, 0.25) is 0 Å². The predicted molar refractivity (Wildman–Crippen MR) is 55.3 cm³/mol. The third kappa shape index (κ3) is 1.80. The van der Waals surface area contributed by atoms with Crippen LogP contribution in [0.2, 0.25) is 0 Å². The number of methoxy groups -OCH3 is 1. The number of ether oxygens (including phenoxy) is 1. The average Bonchev–Trinajstić information content (AvgIpc) is 2.70. The molecule has 2 aliphatic carbocycles. The van der Waals surface area contributed by atoms with Crippen molar-refractivity contribution in [2.75, 3.05) is 7.11 Å². The van der Waals surface area contributed by atoms with E-state index >= 15 is 0 Å². The molecule has 3 heteroatoms. The highest BCUT2D eigenvalue weighted by Crippen LogP contribution is 2.52. The van der Waals surface area contributed by atoms with Crippen LogP contribution in [-0.2, 0) is 14.3 Å². The Morgan fingerprint density at radius 1 is 1.33 bits per heavy atom. The summed E-state index contributed by atoms with van der Waals surface area (Å²) in [5.41, 5.74) is 0.0982. The Kier molecular flexibility index (Phi) is 2.81. The van der Waals surface area contributed by atoms with Crippen molar-refractivity contribution in [3.8, 4) is 0 Å². The van der Waals surface area contributed by atoms with Gasteiger partial charge in [-0.05, 0) is 24.7 Å². The van der Waals surface area contributed by atoms with Crippen LogP contribution in [0.3, 0.4) is 0 Å². The van der Waals surface area contributed by atoms with Crippen LogP contribution >= 0.6 is 0 Å². The fourth-order valence-electron chi connectivity index (χ4n) is 3.26. The van der Waals surface area contributed by atoms with Crippen molar-refractivity contribution in [2.24, 2.45) is 11.3 Å². The number of hydrogen-bond donors (Lipinski definition) is 0. The number of carbonyl (C=O) groups excluding carboxylic acids is 2. The van der Waals surface area contributed by atoms with Crippen molar-refractivity contribution in [2.45, 2.75) is 44.9 Å². The lowest BCUT2D eigenvalue weighted by atomic mass is 9.65.